The fraction of sp³-hybridized carbons (Fsp3) is 0.250. The van der Waals surface area contributed by atoms with Crippen LogP contribution in [0.1, 0.15) is 16.7 Å². The zero-order valence-electron chi connectivity index (χ0n) is 11.7. The highest BCUT2D eigenvalue weighted by Crippen LogP contribution is 2.23. The van der Waals surface area contributed by atoms with Crippen LogP contribution < -0.4 is 11.3 Å². The second-order valence-electron chi connectivity index (χ2n) is 5.08. The molecule has 2 aromatic carbocycles. The predicted octanol–water partition coefficient (Wildman–Crippen LogP) is 3.65. The zero-order chi connectivity index (χ0) is 15.4. The molecule has 0 amide bonds. The SMILES string of the molecule is Cc1ccc(CC(Cc2c(F)ccc(Br)c2F)NN)cc1. The number of nitrogens with one attached hydrogen (secondary N) is 1. The summed E-state index contributed by atoms with van der Waals surface area (Å²) in [5, 5.41) is 0. The summed E-state index contributed by atoms with van der Waals surface area (Å²) in [6.07, 6.45) is 0.781. The van der Waals surface area contributed by atoms with E-state index in [4.69, 9.17) is 5.84 Å². The van der Waals surface area contributed by atoms with Crippen molar-refractivity contribution in [2.45, 2.75) is 25.8 Å². The molecule has 0 heterocycles. The second-order valence-corrected chi connectivity index (χ2v) is 5.93. The first-order valence-electron chi connectivity index (χ1n) is 6.65. The highest BCUT2D eigenvalue weighted by molar-refractivity contribution is 9.10. The van der Waals surface area contributed by atoms with E-state index in [9.17, 15) is 8.78 Å². The molecular formula is C16H17BrF2N2. The van der Waals surface area contributed by atoms with Crippen LogP contribution in [0.2, 0.25) is 0 Å². The van der Waals surface area contributed by atoms with Crippen molar-refractivity contribution in [3.63, 3.8) is 0 Å². The molecule has 0 aromatic heterocycles. The van der Waals surface area contributed by atoms with Gasteiger partial charge >= 0.3 is 0 Å². The van der Waals surface area contributed by atoms with Crippen LogP contribution in [0.25, 0.3) is 0 Å². The summed E-state index contributed by atoms with van der Waals surface area (Å²) in [6.45, 7) is 2.01. The van der Waals surface area contributed by atoms with Crippen molar-refractivity contribution in [1.29, 1.82) is 0 Å². The molecule has 0 saturated carbocycles. The summed E-state index contributed by atoms with van der Waals surface area (Å²) < 4.78 is 28.0. The summed E-state index contributed by atoms with van der Waals surface area (Å²) in [7, 11) is 0. The van der Waals surface area contributed by atoms with E-state index in [-0.39, 0.29) is 22.5 Å². The molecule has 21 heavy (non-hydrogen) atoms. The third kappa shape index (κ3) is 4.09. The summed E-state index contributed by atoms with van der Waals surface area (Å²) in [5.74, 6) is 4.40. The molecule has 2 rings (SSSR count). The van der Waals surface area contributed by atoms with Gasteiger partial charge in [-0.1, -0.05) is 29.8 Å². The molecule has 0 bridgehead atoms. The van der Waals surface area contributed by atoms with E-state index in [1.54, 1.807) is 0 Å². The van der Waals surface area contributed by atoms with Crippen molar-refractivity contribution in [3.8, 4) is 0 Å². The smallest absolute Gasteiger partial charge is 0.143 e. The first kappa shape index (κ1) is 16.1. The fourth-order valence-electron chi connectivity index (χ4n) is 2.20. The molecule has 0 aliphatic heterocycles. The Bertz CT molecular complexity index is 614. The summed E-state index contributed by atoms with van der Waals surface area (Å²) in [6, 6.07) is 10.4. The number of rotatable bonds is 5. The van der Waals surface area contributed by atoms with Crippen LogP contribution in [0.5, 0.6) is 0 Å². The maximum Gasteiger partial charge on any atom is 0.143 e. The minimum atomic E-state index is -0.570. The molecule has 2 aromatic rings. The minimum Gasteiger partial charge on any atom is -0.271 e. The van der Waals surface area contributed by atoms with E-state index in [1.165, 1.54) is 17.7 Å². The maximum absolute atomic E-state index is 14.0. The van der Waals surface area contributed by atoms with Gasteiger partial charge in [0.25, 0.3) is 0 Å². The summed E-state index contributed by atoms with van der Waals surface area (Å²) in [4.78, 5) is 0. The number of hydrogen-bond acceptors (Lipinski definition) is 2. The van der Waals surface area contributed by atoms with Gasteiger partial charge in [0.15, 0.2) is 0 Å². The van der Waals surface area contributed by atoms with Gasteiger partial charge in [0, 0.05) is 11.6 Å². The lowest BCUT2D eigenvalue weighted by Crippen LogP contribution is -2.38. The molecule has 0 radical (unpaired) electrons. The fourth-order valence-corrected chi connectivity index (χ4v) is 2.57. The van der Waals surface area contributed by atoms with Crippen molar-refractivity contribution in [2.75, 3.05) is 0 Å². The van der Waals surface area contributed by atoms with Crippen LogP contribution >= 0.6 is 15.9 Å². The number of hydrogen-bond donors (Lipinski definition) is 2. The molecule has 5 heteroatoms. The normalized spacial score (nSPS) is 12.4. The summed E-state index contributed by atoms with van der Waals surface area (Å²) in [5.41, 5.74) is 4.92. The average molecular weight is 355 g/mol. The molecule has 1 atom stereocenters. The first-order valence-corrected chi connectivity index (χ1v) is 7.44. The van der Waals surface area contributed by atoms with Gasteiger partial charge < -0.3 is 0 Å². The Morgan fingerprint density at radius 2 is 1.76 bits per heavy atom. The number of hydrazine groups is 1. The Kier molecular flexibility index (Phi) is 5.45. The Balaban J connectivity index is 2.16. The van der Waals surface area contributed by atoms with Crippen LogP contribution in [0.4, 0.5) is 8.78 Å². The van der Waals surface area contributed by atoms with E-state index < -0.39 is 11.6 Å². The van der Waals surface area contributed by atoms with Crippen molar-refractivity contribution < 1.29 is 8.78 Å². The Labute approximate surface area is 131 Å². The van der Waals surface area contributed by atoms with Gasteiger partial charge in [0.05, 0.1) is 4.47 Å². The largest absolute Gasteiger partial charge is 0.271 e. The third-order valence-corrected chi connectivity index (χ3v) is 4.04. The molecule has 2 nitrogen and oxygen atoms in total. The lowest BCUT2D eigenvalue weighted by Gasteiger charge is -2.17. The minimum absolute atomic E-state index is 0.0411. The van der Waals surface area contributed by atoms with Crippen molar-refractivity contribution in [2.24, 2.45) is 5.84 Å². The van der Waals surface area contributed by atoms with E-state index in [0.29, 0.717) is 6.42 Å². The third-order valence-electron chi connectivity index (χ3n) is 3.43. The van der Waals surface area contributed by atoms with Crippen LogP contribution in [0.3, 0.4) is 0 Å². The lowest BCUT2D eigenvalue weighted by atomic mass is 9.98. The van der Waals surface area contributed by atoms with Crippen molar-refractivity contribution in [1.82, 2.24) is 5.43 Å². The van der Waals surface area contributed by atoms with Gasteiger partial charge in [-0.25, -0.2) is 8.78 Å². The number of halogens is 3. The Hall–Kier alpha value is -1.30. The van der Waals surface area contributed by atoms with Crippen LogP contribution in [-0.4, -0.2) is 6.04 Å². The predicted molar refractivity (Wildman–Crippen MR) is 83.8 cm³/mol. The zero-order valence-corrected chi connectivity index (χ0v) is 13.3. The topological polar surface area (TPSA) is 38.0 Å². The molecule has 112 valence electrons. The maximum atomic E-state index is 14.0. The second kappa shape index (κ2) is 7.11. The molecule has 0 aliphatic carbocycles. The lowest BCUT2D eigenvalue weighted by molar-refractivity contribution is 0.483. The first-order chi connectivity index (χ1) is 10.0. The number of benzene rings is 2. The van der Waals surface area contributed by atoms with Gasteiger partial charge in [-0.05, 0) is 53.4 Å². The molecule has 0 spiro atoms. The van der Waals surface area contributed by atoms with E-state index in [0.717, 1.165) is 5.56 Å². The summed E-state index contributed by atoms with van der Waals surface area (Å²) >= 11 is 3.07. The molecular weight excluding hydrogens is 338 g/mol. The highest BCUT2D eigenvalue weighted by Gasteiger charge is 2.17. The van der Waals surface area contributed by atoms with Gasteiger partial charge in [-0.15, -0.1) is 0 Å². The number of aryl methyl sites for hydroxylation is 1. The highest BCUT2D eigenvalue weighted by atomic mass is 79.9. The Morgan fingerprint density at radius 3 is 2.38 bits per heavy atom. The quantitative estimate of drug-likeness (QED) is 0.488. The van der Waals surface area contributed by atoms with Gasteiger partial charge in [0.1, 0.15) is 11.6 Å². The Morgan fingerprint density at radius 1 is 1.10 bits per heavy atom. The standard InChI is InChI=1S/C16H17BrF2N2/c1-10-2-4-11(5-3-10)8-12(21-20)9-13-15(18)7-6-14(17)16(13)19/h2-7,12,21H,8-9,20H2,1H3. The van der Waals surface area contributed by atoms with E-state index in [1.807, 2.05) is 31.2 Å². The van der Waals surface area contributed by atoms with Crippen LogP contribution in [0.15, 0.2) is 40.9 Å². The van der Waals surface area contributed by atoms with Gasteiger partial charge in [-0.3, -0.25) is 11.3 Å². The van der Waals surface area contributed by atoms with Crippen LogP contribution in [-0.2, 0) is 12.8 Å². The van der Waals surface area contributed by atoms with Crippen molar-refractivity contribution >= 4 is 15.9 Å². The number of nitrogens with two attached hydrogens (primary N) is 1. The van der Waals surface area contributed by atoms with Gasteiger partial charge in [-0.2, -0.15) is 0 Å². The molecule has 0 fully saturated rings. The monoisotopic (exact) mass is 354 g/mol. The molecule has 3 N–H and O–H groups in total. The van der Waals surface area contributed by atoms with Crippen molar-refractivity contribution in [3.05, 3.63) is 69.2 Å². The average Bonchev–Trinajstić information content (AvgIpc) is 2.48. The molecule has 1 unspecified atom stereocenters. The van der Waals surface area contributed by atoms with Crippen LogP contribution in [0, 0.1) is 18.6 Å². The molecule has 0 saturated heterocycles. The molecule has 0 aliphatic rings. The van der Waals surface area contributed by atoms with E-state index in [2.05, 4.69) is 21.4 Å². The van der Waals surface area contributed by atoms with Gasteiger partial charge in [0.2, 0.25) is 0 Å². The van der Waals surface area contributed by atoms with E-state index >= 15 is 0 Å².